The second-order valence-electron chi connectivity index (χ2n) is 3.05. The fourth-order valence-electron chi connectivity index (χ4n) is 0.712. The van der Waals surface area contributed by atoms with Crippen LogP contribution in [0.15, 0.2) is 9.95 Å². The third kappa shape index (κ3) is 2.35. The average Bonchev–Trinajstić information content (AvgIpc) is 2.36. The van der Waals surface area contributed by atoms with Crippen molar-refractivity contribution in [1.29, 1.82) is 0 Å². The number of H-pyrrole nitrogens is 1. The van der Waals surface area contributed by atoms with Crippen LogP contribution in [0, 0.1) is 0 Å². The van der Waals surface area contributed by atoms with Crippen molar-refractivity contribution in [1.82, 2.24) is 14.8 Å². The Balaban J connectivity index is 2.75. The highest BCUT2D eigenvalue weighted by molar-refractivity contribution is 7.99. The minimum Gasteiger partial charge on any atom is -0.327 e. The maximum Gasteiger partial charge on any atom is 0.343 e. The van der Waals surface area contributed by atoms with Gasteiger partial charge in [-0.05, 0) is 6.92 Å². The summed E-state index contributed by atoms with van der Waals surface area (Å²) in [6.45, 7) is 3.94. The van der Waals surface area contributed by atoms with Gasteiger partial charge in [0.1, 0.15) is 0 Å². The summed E-state index contributed by atoms with van der Waals surface area (Å²) in [6.07, 6.45) is 0. The van der Waals surface area contributed by atoms with Gasteiger partial charge in [-0.2, -0.15) is 0 Å². The van der Waals surface area contributed by atoms with Crippen LogP contribution in [0.2, 0.25) is 0 Å². The Morgan fingerprint density at radius 1 is 1.62 bits per heavy atom. The van der Waals surface area contributed by atoms with Crippen LogP contribution in [0.5, 0.6) is 0 Å². The van der Waals surface area contributed by atoms with E-state index in [9.17, 15) is 4.79 Å². The summed E-state index contributed by atoms with van der Waals surface area (Å²) in [4.78, 5) is 11.0. The van der Waals surface area contributed by atoms with Gasteiger partial charge in [0.25, 0.3) is 0 Å². The van der Waals surface area contributed by atoms with Crippen molar-refractivity contribution < 1.29 is 0 Å². The van der Waals surface area contributed by atoms with Crippen molar-refractivity contribution >= 4 is 11.8 Å². The molecule has 0 aliphatic rings. The van der Waals surface area contributed by atoms with E-state index in [0.717, 1.165) is 0 Å². The van der Waals surface area contributed by atoms with Gasteiger partial charge in [0, 0.05) is 18.3 Å². The Kier molecular flexibility index (Phi) is 3.16. The fraction of sp³-hybridized carbons (Fsp3) is 0.714. The van der Waals surface area contributed by atoms with Crippen molar-refractivity contribution in [2.24, 2.45) is 12.8 Å². The summed E-state index contributed by atoms with van der Waals surface area (Å²) in [5.41, 5.74) is 5.50. The molecule has 0 bridgehead atoms. The Bertz CT molecular complexity index is 329. The number of aromatic nitrogens is 3. The highest BCUT2D eigenvalue weighted by atomic mass is 32.2. The first-order valence-corrected chi connectivity index (χ1v) is 4.94. The number of aromatic amines is 1. The van der Waals surface area contributed by atoms with E-state index in [-0.39, 0.29) is 17.0 Å². The van der Waals surface area contributed by atoms with Crippen molar-refractivity contribution in [2.75, 3.05) is 0 Å². The van der Waals surface area contributed by atoms with Crippen LogP contribution in [-0.4, -0.2) is 26.1 Å². The largest absolute Gasteiger partial charge is 0.343 e. The SMILES string of the molecule is CC(N)C(C)Sc1n[nH]c(=O)n1C. The Labute approximate surface area is 80.7 Å². The normalized spacial score (nSPS) is 15.7. The Morgan fingerprint density at radius 2 is 2.23 bits per heavy atom. The zero-order valence-electron chi connectivity index (χ0n) is 7.94. The Morgan fingerprint density at radius 3 is 2.62 bits per heavy atom. The van der Waals surface area contributed by atoms with Gasteiger partial charge in [-0.15, -0.1) is 5.10 Å². The molecule has 0 radical (unpaired) electrons. The van der Waals surface area contributed by atoms with Crippen LogP contribution in [0.3, 0.4) is 0 Å². The lowest BCUT2D eigenvalue weighted by Gasteiger charge is -2.13. The number of hydrogen-bond donors (Lipinski definition) is 2. The molecule has 0 aliphatic heterocycles. The molecule has 0 amide bonds. The van der Waals surface area contributed by atoms with Crippen LogP contribution >= 0.6 is 11.8 Å². The maximum atomic E-state index is 11.0. The van der Waals surface area contributed by atoms with Crippen molar-refractivity contribution in [3.05, 3.63) is 10.5 Å². The van der Waals surface area contributed by atoms with Gasteiger partial charge in [-0.1, -0.05) is 18.7 Å². The standard InChI is InChI=1S/C7H14N4OS/c1-4(8)5(2)13-7-10-9-6(12)11(7)3/h4-5H,8H2,1-3H3,(H,9,12). The molecule has 0 saturated carbocycles. The lowest BCUT2D eigenvalue weighted by atomic mass is 10.3. The first kappa shape index (κ1) is 10.3. The number of hydrogen-bond acceptors (Lipinski definition) is 4. The van der Waals surface area contributed by atoms with E-state index in [1.807, 2.05) is 13.8 Å². The van der Waals surface area contributed by atoms with Gasteiger partial charge >= 0.3 is 5.69 Å². The van der Waals surface area contributed by atoms with Gasteiger partial charge in [-0.25, -0.2) is 9.89 Å². The molecule has 0 spiro atoms. The summed E-state index contributed by atoms with van der Waals surface area (Å²) < 4.78 is 1.48. The molecule has 3 N–H and O–H groups in total. The summed E-state index contributed by atoms with van der Waals surface area (Å²) >= 11 is 1.49. The lowest BCUT2D eigenvalue weighted by Crippen LogP contribution is -2.26. The highest BCUT2D eigenvalue weighted by Gasteiger charge is 2.13. The van der Waals surface area contributed by atoms with Crippen molar-refractivity contribution in [3.8, 4) is 0 Å². The zero-order chi connectivity index (χ0) is 10.0. The number of rotatable bonds is 3. The van der Waals surface area contributed by atoms with Gasteiger partial charge in [0.15, 0.2) is 5.16 Å². The molecule has 1 aromatic rings. The molecule has 1 heterocycles. The maximum absolute atomic E-state index is 11.0. The monoisotopic (exact) mass is 202 g/mol. The molecular weight excluding hydrogens is 188 g/mol. The number of nitrogens with two attached hydrogens (primary N) is 1. The molecule has 0 fully saturated rings. The minimum atomic E-state index is -0.195. The smallest absolute Gasteiger partial charge is 0.327 e. The van der Waals surface area contributed by atoms with Crippen LogP contribution in [0.4, 0.5) is 0 Å². The minimum absolute atomic E-state index is 0.0804. The van der Waals surface area contributed by atoms with E-state index in [4.69, 9.17) is 5.73 Å². The topological polar surface area (TPSA) is 76.7 Å². The molecule has 74 valence electrons. The van der Waals surface area contributed by atoms with E-state index in [2.05, 4.69) is 10.2 Å². The molecule has 6 heteroatoms. The van der Waals surface area contributed by atoms with Gasteiger partial charge < -0.3 is 5.73 Å². The second kappa shape index (κ2) is 3.97. The van der Waals surface area contributed by atoms with Crippen LogP contribution in [0.1, 0.15) is 13.8 Å². The fourth-order valence-corrected chi connectivity index (χ4v) is 1.60. The summed E-state index contributed by atoms with van der Waals surface area (Å²) in [7, 11) is 1.68. The number of nitrogens with one attached hydrogen (secondary N) is 1. The van der Waals surface area contributed by atoms with Crippen LogP contribution in [-0.2, 0) is 7.05 Å². The van der Waals surface area contributed by atoms with Gasteiger partial charge in [-0.3, -0.25) is 4.57 Å². The quantitative estimate of drug-likeness (QED) is 0.673. The highest BCUT2D eigenvalue weighted by Crippen LogP contribution is 2.20. The van der Waals surface area contributed by atoms with E-state index < -0.39 is 0 Å². The summed E-state index contributed by atoms with van der Waals surface area (Å²) in [5.74, 6) is 0. The van der Waals surface area contributed by atoms with Crippen molar-refractivity contribution in [2.45, 2.75) is 30.3 Å². The molecule has 2 atom stereocenters. The average molecular weight is 202 g/mol. The van der Waals surface area contributed by atoms with E-state index in [1.54, 1.807) is 7.05 Å². The number of thioether (sulfide) groups is 1. The molecule has 0 aromatic carbocycles. The van der Waals surface area contributed by atoms with Crippen molar-refractivity contribution in [3.63, 3.8) is 0 Å². The zero-order valence-corrected chi connectivity index (χ0v) is 8.76. The molecule has 0 saturated heterocycles. The van der Waals surface area contributed by atoms with Gasteiger partial charge in [0.05, 0.1) is 0 Å². The Hall–Kier alpha value is -0.750. The lowest BCUT2D eigenvalue weighted by molar-refractivity contribution is 0.714. The van der Waals surface area contributed by atoms with E-state index in [0.29, 0.717) is 5.16 Å². The third-order valence-corrected chi connectivity index (χ3v) is 3.25. The molecule has 1 aromatic heterocycles. The molecule has 0 aliphatic carbocycles. The van der Waals surface area contributed by atoms with Crippen LogP contribution in [0.25, 0.3) is 0 Å². The molecule has 5 nitrogen and oxygen atoms in total. The predicted molar refractivity (Wildman–Crippen MR) is 52.8 cm³/mol. The van der Waals surface area contributed by atoms with E-state index in [1.165, 1.54) is 16.3 Å². The summed E-state index contributed by atoms with van der Waals surface area (Å²) in [6, 6.07) is 0.0804. The molecular formula is C7H14N4OS. The van der Waals surface area contributed by atoms with Gasteiger partial charge in [0.2, 0.25) is 0 Å². The second-order valence-corrected chi connectivity index (χ2v) is 4.40. The summed E-state index contributed by atoms with van der Waals surface area (Å²) in [5, 5.41) is 7.17. The first-order valence-electron chi connectivity index (χ1n) is 4.06. The first-order chi connectivity index (χ1) is 6.02. The van der Waals surface area contributed by atoms with E-state index >= 15 is 0 Å². The predicted octanol–water partition coefficient (Wildman–Crippen LogP) is -0.0638. The van der Waals surface area contributed by atoms with Crippen LogP contribution < -0.4 is 11.4 Å². The number of nitrogens with zero attached hydrogens (tertiary/aromatic N) is 2. The molecule has 13 heavy (non-hydrogen) atoms. The molecule has 1 rings (SSSR count). The third-order valence-electron chi connectivity index (χ3n) is 1.87. The molecule has 2 unspecified atom stereocenters.